The first-order valence-corrected chi connectivity index (χ1v) is 6.88. The molecule has 0 aliphatic rings. The number of halogens is 1. The third kappa shape index (κ3) is 5.83. The number of rotatable bonds is 6. The first kappa shape index (κ1) is 15.6. The van der Waals surface area contributed by atoms with Crippen molar-refractivity contribution in [1.82, 2.24) is 5.32 Å². The molecule has 0 spiro atoms. The zero-order valence-electron chi connectivity index (χ0n) is 11.6. The number of ether oxygens (including phenoxy) is 1. The quantitative estimate of drug-likeness (QED) is 0.832. The van der Waals surface area contributed by atoms with Crippen molar-refractivity contribution < 1.29 is 9.53 Å². The van der Waals surface area contributed by atoms with Crippen molar-refractivity contribution in [2.24, 2.45) is 5.92 Å². The van der Waals surface area contributed by atoms with Crippen LogP contribution in [0.1, 0.15) is 27.2 Å². The van der Waals surface area contributed by atoms with Crippen molar-refractivity contribution in [3.05, 3.63) is 23.2 Å². The lowest BCUT2D eigenvalue weighted by atomic mass is 10.1. The molecule has 5 heteroatoms. The fourth-order valence-electron chi connectivity index (χ4n) is 1.50. The lowest BCUT2D eigenvalue weighted by Crippen LogP contribution is -2.30. The molecule has 2 amide bonds. The highest BCUT2D eigenvalue weighted by atomic mass is 35.5. The van der Waals surface area contributed by atoms with Crippen LogP contribution < -0.4 is 15.4 Å². The summed E-state index contributed by atoms with van der Waals surface area (Å²) in [6.07, 6.45) is 0.956. The minimum Gasteiger partial charge on any atom is -0.492 e. The number of hydrogen-bond acceptors (Lipinski definition) is 2. The Hall–Kier alpha value is -1.42. The van der Waals surface area contributed by atoms with Crippen LogP contribution in [0.5, 0.6) is 5.75 Å². The average molecular weight is 285 g/mol. The first-order valence-electron chi connectivity index (χ1n) is 6.50. The Kier molecular flexibility index (Phi) is 6.50. The minimum absolute atomic E-state index is 0.221. The van der Waals surface area contributed by atoms with Gasteiger partial charge in [0.05, 0.1) is 11.6 Å². The normalized spacial score (nSPS) is 10.4. The van der Waals surface area contributed by atoms with E-state index in [1.165, 1.54) is 0 Å². The fourth-order valence-corrected chi connectivity index (χ4v) is 1.74. The van der Waals surface area contributed by atoms with Gasteiger partial charge in [0.2, 0.25) is 0 Å². The molecule has 106 valence electrons. The fraction of sp³-hybridized carbons (Fsp3) is 0.500. The van der Waals surface area contributed by atoms with Gasteiger partial charge in [-0.25, -0.2) is 4.79 Å². The maximum Gasteiger partial charge on any atom is 0.319 e. The van der Waals surface area contributed by atoms with Crippen LogP contribution in [0.25, 0.3) is 0 Å². The molecular formula is C14H21ClN2O2. The van der Waals surface area contributed by atoms with E-state index in [0.29, 0.717) is 35.5 Å². The molecule has 2 N–H and O–H groups in total. The second-order valence-electron chi connectivity index (χ2n) is 4.64. The molecule has 0 aliphatic carbocycles. The molecule has 1 aromatic carbocycles. The second kappa shape index (κ2) is 7.89. The van der Waals surface area contributed by atoms with Gasteiger partial charge in [-0.1, -0.05) is 25.4 Å². The van der Waals surface area contributed by atoms with E-state index in [2.05, 4.69) is 24.5 Å². The molecule has 4 nitrogen and oxygen atoms in total. The van der Waals surface area contributed by atoms with Gasteiger partial charge >= 0.3 is 6.03 Å². The van der Waals surface area contributed by atoms with E-state index < -0.39 is 0 Å². The van der Waals surface area contributed by atoms with Crippen LogP contribution in [0, 0.1) is 5.92 Å². The molecule has 0 saturated heterocycles. The van der Waals surface area contributed by atoms with E-state index >= 15 is 0 Å². The summed E-state index contributed by atoms with van der Waals surface area (Å²) in [5, 5.41) is 6.02. The number of nitrogens with one attached hydrogen (secondary N) is 2. The van der Waals surface area contributed by atoms with Gasteiger partial charge in [-0.3, -0.25) is 0 Å². The van der Waals surface area contributed by atoms with Crippen molar-refractivity contribution in [2.75, 3.05) is 18.5 Å². The Balaban J connectivity index is 2.48. The van der Waals surface area contributed by atoms with Crippen LogP contribution in [0.15, 0.2) is 18.2 Å². The van der Waals surface area contributed by atoms with Gasteiger partial charge in [-0.05, 0) is 37.5 Å². The van der Waals surface area contributed by atoms with Crippen molar-refractivity contribution in [1.29, 1.82) is 0 Å². The van der Waals surface area contributed by atoms with Gasteiger partial charge in [0.1, 0.15) is 5.75 Å². The van der Waals surface area contributed by atoms with Gasteiger partial charge in [0, 0.05) is 12.2 Å². The zero-order chi connectivity index (χ0) is 14.3. The van der Waals surface area contributed by atoms with Gasteiger partial charge in [0.15, 0.2) is 0 Å². The molecule has 0 unspecified atom stereocenters. The molecule has 1 aromatic rings. The van der Waals surface area contributed by atoms with E-state index in [4.69, 9.17) is 16.3 Å². The summed E-state index contributed by atoms with van der Waals surface area (Å²) in [4.78, 5) is 11.6. The van der Waals surface area contributed by atoms with Gasteiger partial charge in [0.25, 0.3) is 0 Å². The standard InChI is InChI=1S/C14H21ClN2O2/c1-4-19-13-6-5-11(9-12(13)15)17-14(18)16-8-7-10(2)3/h5-6,9-10H,4,7-8H2,1-3H3,(H2,16,17,18). The highest BCUT2D eigenvalue weighted by molar-refractivity contribution is 6.32. The summed E-state index contributed by atoms with van der Waals surface area (Å²) in [5.74, 6) is 1.19. The van der Waals surface area contributed by atoms with Gasteiger partial charge in [-0.15, -0.1) is 0 Å². The lowest BCUT2D eigenvalue weighted by Gasteiger charge is -2.10. The Morgan fingerprint density at radius 2 is 2.16 bits per heavy atom. The number of anilines is 1. The molecule has 0 atom stereocenters. The van der Waals surface area contributed by atoms with Crippen molar-refractivity contribution in [3.63, 3.8) is 0 Å². The second-order valence-corrected chi connectivity index (χ2v) is 5.05. The van der Waals surface area contributed by atoms with E-state index in [-0.39, 0.29) is 6.03 Å². The SMILES string of the molecule is CCOc1ccc(NC(=O)NCCC(C)C)cc1Cl. The molecule has 0 bridgehead atoms. The van der Waals surface area contributed by atoms with Crippen molar-refractivity contribution in [3.8, 4) is 5.75 Å². The molecule has 0 heterocycles. The summed E-state index contributed by atoms with van der Waals surface area (Å²) >= 11 is 6.04. The molecule has 0 radical (unpaired) electrons. The van der Waals surface area contributed by atoms with E-state index in [0.717, 1.165) is 6.42 Å². The van der Waals surface area contributed by atoms with Crippen LogP contribution in [-0.2, 0) is 0 Å². The molecular weight excluding hydrogens is 264 g/mol. The van der Waals surface area contributed by atoms with Crippen LogP contribution in [0.4, 0.5) is 10.5 Å². The predicted molar refractivity (Wildman–Crippen MR) is 79.1 cm³/mol. The van der Waals surface area contributed by atoms with Gasteiger partial charge < -0.3 is 15.4 Å². The lowest BCUT2D eigenvalue weighted by molar-refractivity contribution is 0.251. The highest BCUT2D eigenvalue weighted by Gasteiger charge is 2.05. The number of urea groups is 1. The number of carbonyl (C=O) groups is 1. The maximum atomic E-state index is 11.6. The molecule has 19 heavy (non-hydrogen) atoms. The highest BCUT2D eigenvalue weighted by Crippen LogP contribution is 2.27. The minimum atomic E-state index is -0.221. The van der Waals surface area contributed by atoms with Crippen LogP contribution in [0.2, 0.25) is 5.02 Å². The molecule has 1 rings (SSSR count). The Bertz CT molecular complexity index is 422. The number of amides is 2. The topological polar surface area (TPSA) is 50.4 Å². The zero-order valence-corrected chi connectivity index (χ0v) is 12.4. The van der Waals surface area contributed by atoms with E-state index in [1.54, 1.807) is 18.2 Å². The summed E-state index contributed by atoms with van der Waals surface area (Å²) in [5.41, 5.74) is 0.649. The third-order valence-corrected chi connectivity index (χ3v) is 2.79. The first-order chi connectivity index (χ1) is 9.02. The average Bonchev–Trinajstić information content (AvgIpc) is 2.32. The smallest absolute Gasteiger partial charge is 0.319 e. The predicted octanol–water partition coefficient (Wildman–Crippen LogP) is 3.91. The van der Waals surface area contributed by atoms with Gasteiger partial charge in [-0.2, -0.15) is 0 Å². The van der Waals surface area contributed by atoms with E-state index in [1.807, 2.05) is 6.92 Å². The van der Waals surface area contributed by atoms with Crippen LogP contribution in [0.3, 0.4) is 0 Å². The summed E-state index contributed by atoms with van der Waals surface area (Å²) < 4.78 is 5.33. The molecule has 0 aliphatic heterocycles. The van der Waals surface area contributed by atoms with Crippen LogP contribution >= 0.6 is 11.6 Å². The largest absolute Gasteiger partial charge is 0.492 e. The van der Waals surface area contributed by atoms with Crippen LogP contribution in [-0.4, -0.2) is 19.2 Å². The maximum absolute atomic E-state index is 11.6. The summed E-state index contributed by atoms with van der Waals surface area (Å²) in [6, 6.07) is 4.96. The van der Waals surface area contributed by atoms with Crippen molar-refractivity contribution in [2.45, 2.75) is 27.2 Å². The Morgan fingerprint density at radius 3 is 2.74 bits per heavy atom. The number of hydrogen-bond donors (Lipinski definition) is 2. The number of carbonyl (C=O) groups excluding carboxylic acids is 1. The molecule has 0 fully saturated rings. The summed E-state index contributed by atoms with van der Waals surface area (Å²) in [6.45, 7) is 7.35. The van der Waals surface area contributed by atoms with Crippen molar-refractivity contribution >= 4 is 23.3 Å². The molecule has 0 aromatic heterocycles. The number of benzene rings is 1. The molecule has 0 saturated carbocycles. The summed E-state index contributed by atoms with van der Waals surface area (Å²) in [7, 11) is 0. The third-order valence-electron chi connectivity index (χ3n) is 2.50. The Morgan fingerprint density at radius 1 is 1.42 bits per heavy atom. The Labute approximate surface area is 119 Å². The van der Waals surface area contributed by atoms with E-state index in [9.17, 15) is 4.79 Å². The monoisotopic (exact) mass is 284 g/mol.